The second-order valence-electron chi connectivity index (χ2n) is 6.26. The topological polar surface area (TPSA) is 46.3 Å². The van der Waals surface area contributed by atoms with Gasteiger partial charge in [-0.1, -0.05) is 28.1 Å². The van der Waals surface area contributed by atoms with Crippen molar-refractivity contribution in [3.05, 3.63) is 34.3 Å². The number of hydrogen-bond donors (Lipinski definition) is 1. The maximum Gasteiger partial charge on any atom is 0.227 e. The molecule has 1 amide bonds. The molecule has 3 rings (SSSR count). The van der Waals surface area contributed by atoms with Gasteiger partial charge in [0.1, 0.15) is 0 Å². The van der Waals surface area contributed by atoms with E-state index in [2.05, 4.69) is 28.1 Å². The van der Waals surface area contributed by atoms with Gasteiger partial charge in [0.2, 0.25) is 5.91 Å². The van der Waals surface area contributed by atoms with Crippen LogP contribution in [-0.2, 0) is 11.3 Å². The molecule has 1 aromatic rings. The molecule has 20 heavy (non-hydrogen) atoms. The number of nitrogens with two attached hydrogens (primary N) is 1. The monoisotopic (exact) mass is 336 g/mol. The van der Waals surface area contributed by atoms with E-state index < -0.39 is 0 Å². The van der Waals surface area contributed by atoms with Crippen LogP contribution in [0.3, 0.4) is 0 Å². The average Bonchev–Trinajstić information content (AvgIpc) is 2.98. The first-order valence-electron chi connectivity index (χ1n) is 7.31. The maximum absolute atomic E-state index is 12.7. The van der Waals surface area contributed by atoms with Gasteiger partial charge in [-0.2, -0.15) is 0 Å². The first kappa shape index (κ1) is 14.1. The highest BCUT2D eigenvalue weighted by Crippen LogP contribution is 2.48. The summed E-state index contributed by atoms with van der Waals surface area (Å²) in [4.78, 5) is 14.5. The quantitative estimate of drug-likeness (QED) is 0.922. The molecule has 108 valence electrons. The molecule has 0 aliphatic heterocycles. The SMILES string of the molecule is CN(Cc1cccc(Br)c1)C(=O)C1C2CCC(C2)C1N. The van der Waals surface area contributed by atoms with Gasteiger partial charge >= 0.3 is 0 Å². The van der Waals surface area contributed by atoms with Crippen LogP contribution in [0.4, 0.5) is 0 Å². The number of carbonyl (C=O) groups is 1. The first-order chi connectivity index (χ1) is 9.56. The van der Waals surface area contributed by atoms with Gasteiger partial charge in [0.15, 0.2) is 0 Å². The Morgan fingerprint density at radius 3 is 2.80 bits per heavy atom. The molecule has 2 N–H and O–H groups in total. The maximum atomic E-state index is 12.7. The third-order valence-corrected chi connectivity index (χ3v) is 5.44. The number of nitrogens with zero attached hydrogens (tertiary/aromatic N) is 1. The van der Waals surface area contributed by atoms with Crippen molar-refractivity contribution in [2.45, 2.75) is 31.8 Å². The second kappa shape index (κ2) is 5.49. The smallest absolute Gasteiger partial charge is 0.227 e. The Kier molecular flexibility index (Phi) is 3.87. The van der Waals surface area contributed by atoms with Gasteiger partial charge in [-0.15, -0.1) is 0 Å². The highest BCUT2D eigenvalue weighted by Gasteiger charge is 2.49. The lowest BCUT2D eigenvalue weighted by Gasteiger charge is -2.30. The van der Waals surface area contributed by atoms with Crippen LogP contribution in [0.1, 0.15) is 24.8 Å². The minimum absolute atomic E-state index is 0.0471. The molecule has 0 saturated heterocycles. The van der Waals surface area contributed by atoms with Crippen LogP contribution < -0.4 is 5.73 Å². The molecular formula is C16H21BrN2O. The van der Waals surface area contributed by atoms with Crippen LogP contribution in [0.15, 0.2) is 28.7 Å². The van der Waals surface area contributed by atoms with Crippen LogP contribution in [0, 0.1) is 17.8 Å². The van der Waals surface area contributed by atoms with Crippen molar-refractivity contribution < 1.29 is 4.79 Å². The molecule has 2 saturated carbocycles. The summed E-state index contributed by atoms with van der Waals surface area (Å²) in [6.07, 6.45) is 3.55. The third kappa shape index (κ3) is 2.51. The Bertz CT molecular complexity index is 517. The summed E-state index contributed by atoms with van der Waals surface area (Å²) in [6, 6.07) is 8.18. The van der Waals surface area contributed by atoms with Crippen molar-refractivity contribution in [2.75, 3.05) is 7.05 Å². The molecule has 0 heterocycles. The standard InChI is InChI=1S/C16H21BrN2O/c1-19(9-10-3-2-4-13(17)7-10)16(20)14-11-5-6-12(8-11)15(14)18/h2-4,7,11-12,14-15H,5-6,8-9,18H2,1H3. The molecule has 4 atom stereocenters. The lowest BCUT2D eigenvalue weighted by atomic mass is 9.84. The fraction of sp³-hybridized carbons (Fsp3) is 0.562. The summed E-state index contributed by atoms with van der Waals surface area (Å²) in [6.45, 7) is 0.652. The van der Waals surface area contributed by atoms with E-state index in [4.69, 9.17) is 5.73 Å². The van der Waals surface area contributed by atoms with Gasteiger partial charge in [-0.3, -0.25) is 4.79 Å². The van der Waals surface area contributed by atoms with E-state index in [0.29, 0.717) is 18.4 Å². The van der Waals surface area contributed by atoms with E-state index in [1.807, 2.05) is 24.1 Å². The van der Waals surface area contributed by atoms with Gasteiger partial charge in [0, 0.05) is 24.1 Å². The van der Waals surface area contributed by atoms with Gasteiger partial charge in [-0.25, -0.2) is 0 Å². The number of hydrogen-bond acceptors (Lipinski definition) is 2. The van der Waals surface area contributed by atoms with Crippen LogP contribution in [0.5, 0.6) is 0 Å². The first-order valence-corrected chi connectivity index (χ1v) is 8.10. The van der Waals surface area contributed by atoms with E-state index in [0.717, 1.165) is 16.5 Å². The molecule has 2 aliphatic carbocycles. The number of benzene rings is 1. The van der Waals surface area contributed by atoms with E-state index in [1.165, 1.54) is 12.8 Å². The second-order valence-corrected chi connectivity index (χ2v) is 7.18. The predicted molar refractivity (Wildman–Crippen MR) is 82.9 cm³/mol. The molecule has 4 heteroatoms. The summed E-state index contributed by atoms with van der Waals surface area (Å²) in [5.74, 6) is 1.37. The van der Waals surface area contributed by atoms with E-state index in [1.54, 1.807) is 0 Å². The Labute approximate surface area is 128 Å². The lowest BCUT2D eigenvalue weighted by Crippen LogP contribution is -2.45. The zero-order valence-electron chi connectivity index (χ0n) is 11.8. The normalized spacial score (nSPS) is 31.6. The molecule has 3 nitrogen and oxygen atoms in total. The molecule has 0 radical (unpaired) electrons. The molecule has 2 aliphatic rings. The van der Waals surface area contributed by atoms with Crippen LogP contribution >= 0.6 is 15.9 Å². The van der Waals surface area contributed by atoms with Gasteiger partial charge in [-0.05, 0) is 48.8 Å². The average molecular weight is 337 g/mol. The molecule has 1 aromatic carbocycles. The minimum atomic E-state index is 0.0471. The number of carbonyl (C=O) groups excluding carboxylic acids is 1. The lowest BCUT2D eigenvalue weighted by molar-refractivity contribution is -0.137. The minimum Gasteiger partial charge on any atom is -0.341 e. The van der Waals surface area contributed by atoms with Crippen LogP contribution in [0.2, 0.25) is 0 Å². The largest absolute Gasteiger partial charge is 0.341 e. The van der Waals surface area contributed by atoms with E-state index in [-0.39, 0.29) is 17.9 Å². The highest BCUT2D eigenvalue weighted by atomic mass is 79.9. The molecule has 2 bridgehead atoms. The molecule has 2 fully saturated rings. The van der Waals surface area contributed by atoms with E-state index >= 15 is 0 Å². The van der Waals surface area contributed by atoms with Crippen molar-refractivity contribution in [3.8, 4) is 0 Å². The number of amides is 1. The van der Waals surface area contributed by atoms with Crippen LogP contribution in [-0.4, -0.2) is 23.9 Å². The van der Waals surface area contributed by atoms with Crippen molar-refractivity contribution in [1.29, 1.82) is 0 Å². The van der Waals surface area contributed by atoms with Crippen molar-refractivity contribution in [3.63, 3.8) is 0 Å². The molecule has 4 unspecified atom stereocenters. The fourth-order valence-electron chi connectivity index (χ4n) is 3.94. The van der Waals surface area contributed by atoms with Gasteiger partial charge in [0.25, 0.3) is 0 Å². The number of fused-ring (bicyclic) bond motifs is 2. The molecule has 0 aromatic heterocycles. The summed E-state index contributed by atoms with van der Waals surface area (Å²) in [5, 5.41) is 0. The molecule has 0 spiro atoms. The zero-order chi connectivity index (χ0) is 14.3. The highest BCUT2D eigenvalue weighted by molar-refractivity contribution is 9.10. The number of rotatable bonds is 3. The summed E-state index contributed by atoms with van der Waals surface area (Å²) in [5.41, 5.74) is 7.41. The summed E-state index contributed by atoms with van der Waals surface area (Å²) in [7, 11) is 1.89. The van der Waals surface area contributed by atoms with Crippen molar-refractivity contribution in [2.24, 2.45) is 23.5 Å². The predicted octanol–water partition coefficient (Wildman–Crippen LogP) is 2.78. The Balaban J connectivity index is 1.68. The Hall–Kier alpha value is -0.870. The summed E-state index contributed by atoms with van der Waals surface area (Å²) >= 11 is 3.47. The van der Waals surface area contributed by atoms with Crippen LogP contribution in [0.25, 0.3) is 0 Å². The fourth-order valence-corrected chi connectivity index (χ4v) is 4.39. The van der Waals surface area contributed by atoms with Gasteiger partial charge in [0.05, 0.1) is 5.92 Å². The van der Waals surface area contributed by atoms with Crippen molar-refractivity contribution in [1.82, 2.24) is 4.90 Å². The summed E-state index contributed by atoms with van der Waals surface area (Å²) < 4.78 is 1.05. The third-order valence-electron chi connectivity index (χ3n) is 4.95. The number of halogens is 1. The zero-order valence-corrected chi connectivity index (χ0v) is 13.3. The molecular weight excluding hydrogens is 316 g/mol. The van der Waals surface area contributed by atoms with Crippen molar-refractivity contribution >= 4 is 21.8 Å². The Morgan fingerprint density at radius 2 is 2.15 bits per heavy atom. The Morgan fingerprint density at radius 1 is 1.40 bits per heavy atom. The van der Waals surface area contributed by atoms with E-state index in [9.17, 15) is 4.79 Å². The van der Waals surface area contributed by atoms with Gasteiger partial charge < -0.3 is 10.6 Å².